The van der Waals surface area contributed by atoms with Gasteiger partial charge in [0.25, 0.3) is 5.91 Å². The Morgan fingerprint density at radius 1 is 1.07 bits per heavy atom. The van der Waals surface area contributed by atoms with Gasteiger partial charge in [0.15, 0.2) is 0 Å². The fraction of sp³-hybridized carbons (Fsp3) is 0.250. The van der Waals surface area contributed by atoms with E-state index < -0.39 is 6.04 Å². The van der Waals surface area contributed by atoms with Crippen LogP contribution in [0.1, 0.15) is 74.2 Å². The molecular weight excluding hydrogens is 518 g/mol. The summed E-state index contributed by atoms with van der Waals surface area (Å²) in [6.07, 6.45) is 5.95. The van der Waals surface area contributed by atoms with Crippen LogP contribution in [0.5, 0.6) is 0 Å². The number of hydrazone groups is 1. The minimum atomic E-state index is -0.511. The van der Waals surface area contributed by atoms with E-state index in [-0.39, 0.29) is 18.2 Å². The molecular formula is C32H31N5O2S. The van der Waals surface area contributed by atoms with Gasteiger partial charge in [-0.15, -0.1) is 11.3 Å². The molecule has 0 saturated carbocycles. The predicted octanol–water partition coefficient (Wildman–Crippen LogP) is 5.92. The smallest absolute Gasteiger partial charge is 0.251 e. The number of carbonyl (C=O) groups is 2. The lowest BCUT2D eigenvalue weighted by atomic mass is 9.96. The van der Waals surface area contributed by atoms with Gasteiger partial charge in [-0.05, 0) is 68.9 Å². The summed E-state index contributed by atoms with van der Waals surface area (Å²) < 4.78 is 2.12. The molecule has 2 N–H and O–H groups in total. The molecule has 40 heavy (non-hydrogen) atoms. The monoisotopic (exact) mass is 549 g/mol. The summed E-state index contributed by atoms with van der Waals surface area (Å²) >= 11 is 1.71. The molecule has 0 aliphatic heterocycles. The van der Waals surface area contributed by atoms with Crippen molar-refractivity contribution in [3.8, 4) is 11.1 Å². The Balaban J connectivity index is 1.30. The van der Waals surface area contributed by atoms with E-state index in [0.717, 1.165) is 52.3 Å². The van der Waals surface area contributed by atoms with Crippen LogP contribution in [0.2, 0.25) is 0 Å². The van der Waals surface area contributed by atoms with Gasteiger partial charge in [0.05, 0.1) is 24.2 Å². The lowest BCUT2D eigenvalue weighted by molar-refractivity contribution is -0.121. The van der Waals surface area contributed by atoms with Gasteiger partial charge in [-0.1, -0.05) is 48.5 Å². The molecule has 2 aromatic heterocycles. The lowest BCUT2D eigenvalue weighted by Crippen LogP contribution is -2.32. The molecule has 2 heterocycles. The number of rotatable bonds is 8. The maximum atomic E-state index is 12.9. The molecule has 1 atom stereocenters. The van der Waals surface area contributed by atoms with Gasteiger partial charge in [-0.3, -0.25) is 9.59 Å². The molecule has 8 heteroatoms. The zero-order chi connectivity index (χ0) is 28.1. The lowest BCUT2D eigenvalue weighted by Gasteiger charge is -2.18. The molecule has 1 aliphatic rings. The minimum absolute atomic E-state index is 0.0330. The molecule has 2 amide bonds. The van der Waals surface area contributed by atoms with E-state index in [1.165, 1.54) is 16.9 Å². The van der Waals surface area contributed by atoms with Crippen molar-refractivity contribution in [2.75, 3.05) is 0 Å². The van der Waals surface area contributed by atoms with E-state index in [4.69, 9.17) is 0 Å². The van der Waals surface area contributed by atoms with Crippen LogP contribution < -0.4 is 10.7 Å². The third-order valence-electron chi connectivity index (χ3n) is 7.26. The first-order valence-corrected chi connectivity index (χ1v) is 14.2. The van der Waals surface area contributed by atoms with Gasteiger partial charge < -0.3 is 9.88 Å². The van der Waals surface area contributed by atoms with Gasteiger partial charge in [-0.25, -0.2) is 5.43 Å². The van der Waals surface area contributed by atoms with E-state index in [9.17, 15) is 14.9 Å². The van der Waals surface area contributed by atoms with Gasteiger partial charge in [0, 0.05) is 27.4 Å². The highest BCUT2D eigenvalue weighted by molar-refractivity contribution is 7.15. The van der Waals surface area contributed by atoms with Crippen molar-refractivity contribution in [1.29, 1.82) is 5.26 Å². The van der Waals surface area contributed by atoms with Crippen molar-refractivity contribution >= 4 is 29.4 Å². The number of benzene rings is 2. The van der Waals surface area contributed by atoms with Crippen LogP contribution in [0.4, 0.5) is 0 Å². The van der Waals surface area contributed by atoms with Crippen molar-refractivity contribution in [2.45, 2.75) is 52.0 Å². The number of fused-ring (bicyclic) bond motifs is 1. The maximum absolute atomic E-state index is 12.9. The van der Waals surface area contributed by atoms with Crippen LogP contribution >= 0.6 is 11.3 Å². The quantitative estimate of drug-likeness (QED) is 0.211. The molecule has 202 valence electrons. The summed E-state index contributed by atoms with van der Waals surface area (Å²) in [6.45, 7) is 4.02. The number of carbonyl (C=O) groups excluding carboxylic acids is 2. The first kappa shape index (κ1) is 27.1. The van der Waals surface area contributed by atoms with E-state index >= 15 is 0 Å². The summed E-state index contributed by atoms with van der Waals surface area (Å²) in [5.74, 6) is -0.560. The zero-order valence-corrected chi connectivity index (χ0v) is 23.4. The highest BCUT2D eigenvalue weighted by Gasteiger charge is 2.24. The summed E-state index contributed by atoms with van der Waals surface area (Å²) in [4.78, 5) is 27.0. The molecule has 0 spiro atoms. The fourth-order valence-corrected chi connectivity index (χ4v) is 6.68. The van der Waals surface area contributed by atoms with Crippen LogP contribution in [0.3, 0.4) is 0 Å². The van der Waals surface area contributed by atoms with Crippen molar-refractivity contribution in [1.82, 2.24) is 15.3 Å². The SMILES string of the molecule is Cc1cc(/C=N\NC(=O)C[C@@H](NC(=O)c2ccccc2)c2ccccc2)c(C)n1-c1sc2c(c1C#N)CCCC2. The average molecular weight is 550 g/mol. The number of nitriles is 1. The number of thiophene rings is 1. The first-order valence-electron chi connectivity index (χ1n) is 13.4. The van der Waals surface area contributed by atoms with Crippen LogP contribution in [-0.2, 0) is 17.6 Å². The third-order valence-corrected chi connectivity index (χ3v) is 8.54. The van der Waals surface area contributed by atoms with Crippen LogP contribution in [0.15, 0.2) is 71.8 Å². The van der Waals surface area contributed by atoms with Crippen molar-refractivity contribution in [3.63, 3.8) is 0 Å². The third kappa shape index (κ3) is 5.75. The van der Waals surface area contributed by atoms with Crippen LogP contribution in [0, 0.1) is 25.2 Å². The maximum Gasteiger partial charge on any atom is 0.251 e. The molecule has 4 aromatic rings. The topological polar surface area (TPSA) is 99.3 Å². The van der Waals surface area contributed by atoms with Crippen molar-refractivity contribution in [3.05, 3.63) is 111 Å². The Morgan fingerprint density at radius 3 is 2.50 bits per heavy atom. The highest BCUT2D eigenvalue weighted by atomic mass is 32.1. The van der Waals surface area contributed by atoms with Crippen molar-refractivity contribution < 1.29 is 9.59 Å². The minimum Gasteiger partial charge on any atom is -0.345 e. The largest absolute Gasteiger partial charge is 0.345 e. The average Bonchev–Trinajstić information content (AvgIpc) is 3.48. The van der Waals surface area contributed by atoms with Gasteiger partial charge in [-0.2, -0.15) is 10.4 Å². The highest BCUT2D eigenvalue weighted by Crippen LogP contribution is 2.38. The Bertz CT molecular complexity index is 1600. The number of hydrogen-bond donors (Lipinski definition) is 2. The number of aryl methyl sites for hydroxylation is 2. The molecule has 0 saturated heterocycles. The molecule has 0 bridgehead atoms. The van der Waals surface area contributed by atoms with E-state index in [1.807, 2.05) is 56.3 Å². The van der Waals surface area contributed by atoms with E-state index in [2.05, 4.69) is 26.5 Å². The Labute approximate surface area is 238 Å². The molecule has 7 nitrogen and oxygen atoms in total. The number of nitrogens with one attached hydrogen (secondary N) is 2. The standard InChI is InChI=1S/C32H31N5O2S/c1-21-17-25(22(2)37(21)32-27(19-33)26-15-9-10-16-29(26)40-32)20-34-36-30(38)18-28(23-11-5-3-6-12-23)35-31(39)24-13-7-4-8-14-24/h3-8,11-14,17,20,28H,9-10,15-16,18H2,1-2H3,(H,35,39)(H,36,38)/b34-20-/t28-/m1/s1. The van der Waals surface area contributed by atoms with Crippen LogP contribution in [-0.4, -0.2) is 22.6 Å². The second-order valence-electron chi connectivity index (χ2n) is 9.96. The fourth-order valence-electron chi connectivity index (χ4n) is 5.23. The normalized spacial score (nSPS) is 13.4. The van der Waals surface area contributed by atoms with E-state index in [0.29, 0.717) is 5.56 Å². The van der Waals surface area contributed by atoms with Gasteiger partial charge >= 0.3 is 0 Å². The summed E-state index contributed by atoms with van der Waals surface area (Å²) in [6, 6.07) is 22.3. The number of nitrogens with zero attached hydrogens (tertiary/aromatic N) is 3. The van der Waals surface area contributed by atoms with E-state index in [1.54, 1.807) is 41.8 Å². The second-order valence-corrected chi connectivity index (χ2v) is 11.0. The Morgan fingerprint density at radius 2 is 1.77 bits per heavy atom. The van der Waals surface area contributed by atoms with Crippen LogP contribution in [0.25, 0.3) is 5.00 Å². The molecule has 0 radical (unpaired) electrons. The number of amides is 2. The molecule has 2 aromatic carbocycles. The molecule has 5 rings (SSSR count). The van der Waals surface area contributed by atoms with Gasteiger partial charge in [0.1, 0.15) is 11.1 Å². The summed E-state index contributed by atoms with van der Waals surface area (Å²) in [5, 5.41) is 18.1. The Hall–Kier alpha value is -4.48. The summed E-state index contributed by atoms with van der Waals surface area (Å²) in [5.41, 5.74) is 8.81. The summed E-state index contributed by atoms with van der Waals surface area (Å²) in [7, 11) is 0. The van der Waals surface area contributed by atoms with Gasteiger partial charge in [0.2, 0.25) is 5.91 Å². The van der Waals surface area contributed by atoms with Crippen molar-refractivity contribution in [2.24, 2.45) is 5.10 Å². The number of hydrogen-bond acceptors (Lipinski definition) is 5. The Kier molecular flexibility index (Phi) is 8.23. The predicted molar refractivity (Wildman–Crippen MR) is 158 cm³/mol. The molecule has 0 fully saturated rings. The molecule has 0 unspecified atom stereocenters. The zero-order valence-electron chi connectivity index (χ0n) is 22.6. The first-order chi connectivity index (χ1) is 19.5. The second kappa shape index (κ2) is 12.1. The molecule has 1 aliphatic carbocycles. The number of aromatic nitrogens is 1.